The fourth-order valence-electron chi connectivity index (χ4n) is 1.77. The number of halogens is 3. The van der Waals surface area contributed by atoms with E-state index in [1.807, 2.05) is 6.92 Å². The molecule has 0 aromatic carbocycles. The maximum absolute atomic E-state index is 12.5. The molecule has 1 atom stereocenters. The lowest BCUT2D eigenvalue weighted by Crippen LogP contribution is -2.48. The number of rotatable bonds is 10. The SMILES string of the molecule is CCCCC(N)C(=O)N(CCCOCC)CC(F)(F)F. The molecule has 0 aromatic rings. The molecule has 0 aromatic heterocycles. The van der Waals surface area contributed by atoms with Crippen molar-refractivity contribution < 1.29 is 22.7 Å². The van der Waals surface area contributed by atoms with Gasteiger partial charge in [0, 0.05) is 19.8 Å². The minimum absolute atomic E-state index is 0.0121. The highest BCUT2D eigenvalue weighted by Crippen LogP contribution is 2.17. The predicted octanol–water partition coefficient (Wildman–Crippen LogP) is 2.32. The quantitative estimate of drug-likeness (QED) is 0.630. The fourth-order valence-corrected chi connectivity index (χ4v) is 1.77. The van der Waals surface area contributed by atoms with E-state index in [1.54, 1.807) is 6.92 Å². The van der Waals surface area contributed by atoms with E-state index in [0.717, 1.165) is 17.7 Å². The fraction of sp³-hybridized carbons (Fsp3) is 0.923. The first kappa shape index (κ1) is 19.2. The lowest BCUT2D eigenvalue weighted by atomic mass is 10.1. The topological polar surface area (TPSA) is 55.6 Å². The highest BCUT2D eigenvalue weighted by atomic mass is 19.4. The van der Waals surface area contributed by atoms with Crippen molar-refractivity contribution in [2.75, 3.05) is 26.3 Å². The van der Waals surface area contributed by atoms with Crippen LogP contribution in [0.5, 0.6) is 0 Å². The first-order chi connectivity index (χ1) is 9.31. The number of ether oxygens (including phenoxy) is 1. The zero-order chi connectivity index (χ0) is 15.6. The lowest BCUT2D eigenvalue weighted by molar-refractivity contribution is -0.162. The van der Waals surface area contributed by atoms with Crippen molar-refractivity contribution in [1.82, 2.24) is 4.90 Å². The minimum Gasteiger partial charge on any atom is -0.382 e. The van der Waals surface area contributed by atoms with Crippen LogP contribution in [0.3, 0.4) is 0 Å². The minimum atomic E-state index is -4.41. The molecule has 120 valence electrons. The normalized spacial score (nSPS) is 13.3. The third kappa shape index (κ3) is 9.14. The molecule has 2 N–H and O–H groups in total. The molecule has 0 bridgehead atoms. The summed E-state index contributed by atoms with van der Waals surface area (Å²) in [7, 11) is 0. The number of carbonyl (C=O) groups excluding carboxylic acids is 1. The van der Waals surface area contributed by atoms with Crippen LogP contribution in [0.1, 0.15) is 39.5 Å². The lowest BCUT2D eigenvalue weighted by Gasteiger charge is -2.26. The summed E-state index contributed by atoms with van der Waals surface area (Å²) < 4.78 is 42.5. The van der Waals surface area contributed by atoms with Crippen molar-refractivity contribution in [3.8, 4) is 0 Å². The second-order valence-corrected chi connectivity index (χ2v) is 4.67. The van der Waals surface area contributed by atoms with Gasteiger partial charge in [-0.15, -0.1) is 0 Å². The van der Waals surface area contributed by atoms with Gasteiger partial charge in [-0.05, 0) is 19.8 Å². The van der Waals surface area contributed by atoms with E-state index in [1.165, 1.54) is 0 Å². The van der Waals surface area contributed by atoms with Crippen molar-refractivity contribution in [3.63, 3.8) is 0 Å². The predicted molar refractivity (Wildman–Crippen MR) is 71.2 cm³/mol. The van der Waals surface area contributed by atoms with E-state index in [-0.39, 0.29) is 6.54 Å². The Labute approximate surface area is 118 Å². The number of hydrogen-bond donors (Lipinski definition) is 1. The van der Waals surface area contributed by atoms with Crippen LogP contribution in [0.15, 0.2) is 0 Å². The summed E-state index contributed by atoms with van der Waals surface area (Å²) in [5, 5.41) is 0. The van der Waals surface area contributed by atoms with Gasteiger partial charge in [-0.25, -0.2) is 0 Å². The largest absolute Gasteiger partial charge is 0.406 e. The number of amides is 1. The summed E-state index contributed by atoms with van der Waals surface area (Å²) in [4.78, 5) is 12.7. The summed E-state index contributed by atoms with van der Waals surface area (Å²) in [5.74, 6) is -0.632. The van der Waals surface area contributed by atoms with Crippen LogP contribution in [-0.4, -0.2) is 49.3 Å². The van der Waals surface area contributed by atoms with Crippen LogP contribution < -0.4 is 5.73 Å². The van der Waals surface area contributed by atoms with E-state index in [4.69, 9.17) is 10.5 Å². The van der Waals surface area contributed by atoms with Gasteiger partial charge in [-0.3, -0.25) is 4.79 Å². The van der Waals surface area contributed by atoms with Crippen molar-refractivity contribution in [2.45, 2.75) is 51.7 Å². The number of nitrogens with zero attached hydrogens (tertiary/aromatic N) is 1. The third-order valence-electron chi connectivity index (χ3n) is 2.79. The van der Waals surface area contributed by atoms with Gasteiger partial charge in [0.1, 0.15) is 6.54 Å². The van der Waals surface area contributed by atoms with Crippen molar-refractivity contribution in [2.24, 2.45) is 5.73 Å². The van der Waals surface area contributed by atoms with E-state index in [0.29, 0.717) is 26.1 Å². The van der Waals surface area contributed by atoms with Gasteiger partial charge in [-0.2, -0.15) is 13.2 Å². The van der Waals surface area contributed by atoms with Crippen LogP contribution in [0.2, 0.25) is 0 Å². The van der Waals surface area contributed by atoms with E-state index >= 15 is 0 Å². The molecule has 0 aliphatic carbocycles. The summed E-state index contributed by atoms with van der Waals surface area (Å²) >= 11 is 0. The van der Waals surface area contributed by atoms with E-state index in [9.17, 15) is 18.0 Å². The molecule has 0 rings (SSSR count). The maximum atomic E-state index is 12.5. The highest BCUT2D eigenvalue weighted by Gasteiger charge is 2.34. The Balaban J connectivity index is 4.45. The first-order valence-corrected chi connectivity index (χ1v) is 7.00. The van der Waals surface area contributed by atoms with Crippen LogP contribution in [-0.2, 0) is 9.53 Å². The second-order valence-electron chi connectivity index (χ2n) is 4.67. The Kier molecular flexibility index (Phi) is 9.58. The van der Waals surface area contributed by atoms with Gasteiger partial charge >= 0.3 is 6.18 Å². The zero-order valence-electron chi connectivity index (χ0n) is 12.2. The molecule has 0 aliphatic rings. The molecular formula is C13H25F3N2O2. The standard InChI is InChI=1S/C13H25F3N2O2/c1-3-5-7-11(17)12(19)18(10-13(14,15)16)8-6-9-20-4-2/h11H,3-10,17H2,1-2H3. The van der Waals surface area contributed by atoms with Gasteiger partial charge in [0.05, 0.1) is 6.04 Å². The van der Waals surface area contributed by atoms with Crippen LogP contribution in [0, 0.1) is 0 Å². The zero-order valence-corrected chi connectivity index (χ0v) is 12.2. The molecule has 0 aliphatic heterocycles. The average molecular weight is 298 g/mol. The molecule has 0 saturated heterocycles. The van der Waals surface area contributed by atoms with Crippen LogP contribution in [0.4, 0.5) is 13.2 Å². The summed E-state index contributed by atoms with van der Waals surface area (Å²) in [6.45, 7) is 3.34. The Morgan fingerprint density at radius 1 is 1.30 bits per heavy atom. The number of nitrogens with two attached hydrogens (primary N) is 1. The Morgan fingerprint density at radius 2 is 1.95 bits per heavy atom. The molecule has 0 heterocycles. The maximum Gasteiger partial charge on any atom is 0.406 e. The molecule has 4 nitrogen and oxygen atoms in total. The molecular weight excluding hydrogens is 273 g/mol. The highest BCUT2D eigenvalue weighted by molar-refractivity contribution is 5.81. The number of hydrogen-bond acceptors (Lipinski definition) is 3. The summed E-state index contributed by atoms with van der Waals surface area (Å²) in [6.07, 6.45) is -2.05. The van der Waals surface area contributed by atoms with E-state index in [2.05, 4.69) is 0 Å². The molecule has 7 heteroatoms. The number of carbonyl (C=O) groups is 1. The Bertz CT molecular complexity index is 273. The summed E-state index contributed by atoms with van der Waals surface area (Å²) in [5.41, 5.74) is 5.66. The van der Waals surface area contributed by atoms with E-state index < -0.39 is 24.7 Å². The van der Waals surface area contributed by atoms with Crippen molar-refractivity contribution in [3.05, 3.63) is 0 Å². The van der Waals surface area contributed by atoms with Crippen molar-refractivity contribution >= 4 is 5.91 Å². The molecule has 20 heavy (non-hydrogen) atoms. The monoisotopic (exact) mass is 298 g/mol. The molecule has 0 fully saturated rings. The second kappa shape index (κ2) is 9.99. The third-order valence-corrected chi connectivity index (χ3v) is 2.79. The number of unbranched alkanes of at least 4 members (excludes halogenated alkanes) is 1. The van der Waals surface area contributed by atoms with Crippen molar-refractivity contribution in [1.29, 1.82) is 0 Å². The molecule has 0 radical (unpaired) electrons. The van der Waals surface area contributed by atoms with Gasteiger partial charge in [0.15, 0.2) is 0 Å². The molecule has 0 spiro atoms. The smallest absolute Gasteiger partial charge is 0.382 e. The first-order valence-electron chi connectivity index (χ1n) is 7.00. The summed E-state index contributed by atoms with van der Waals surface area (Å²) in [6, 6.07) is -0.857. The van der Waals surface area contributed by atoms with Gasteiger partial charge < -0.3 is 15.4 Å². The molecule has 0 saturated carbocycles. The Morgan fingerprint density at radius 3 is 2.45 bits per heavy atom. The van der Waals surface area contributed by atoms with Crippen LogP contribution >= 0.6 is 0 Å². The van der Waals surface area contributed by atoms with Crippen LogP contribution in [0.25, 0.3) is 0 Å². The Hall–Kier alpha value is -0.820. The molecule has 1 unspecified atom stereocenters. The van der Waals surface area contributed by atoms with Gasteiger partial charge in [-0.1, -0.05) is 19.8 Å². The van der Waals surface area contributed by atoms with Gasteiger partial charge in [0.25, 0.3) is 0 Å². The van der Waals surface area contributed by atoms with Gasteiger partial charge in [0.2, 0.25) is 5.91 Å². The molecule has 1 amide bonds. The number of alkyl halides is 3. The average Bonchev–Trinajstić information content (AvgIpc) is 2.37.